The van der Waals surface area contributed by atoms with E-state index >= 15 is 0 Å². The molecule has 0 unspecified atom stereocenters. The van der Waals surface area contributed by atoms with Gasteiger partial charge >= 0.3 is 10.4 Å². The van der Waals surface area contributed by atoms with Crippen LogP contribution in [0.2, 0.25) is 0 Å². The Morgan fingerprint density at radius 1 is 1.25 bits per heavy atom. The van der Waals surface area contributed by atoms with Gasteiger partial charge in [-0.2, -0.15) is 8.42 Å². The van der Waals surface area contributed by atoms with Gasteiger partial charge in [0.25, 0.3) is 0 Å². The van der Waals surface area contributed by atoms with Crippen LogP contribution in [0.5, 0.6) is 0 Å². The molecule has 0 spiro atoms. The van der Waals surface area contributed by atoms with Crippen molar-refractivity contribution in [2.45, 2.75) is 20.8 Å². The highest BCUT2D eigenvalue weighted by molar-refractivity contribution is 7.80. The molecular formula is C10H22O5S. The number of rotatable bonds is 5. The number of hydrogen-bond donors (Lipinski definition) is 1. The van der Waals surface area contributed by atoms with Crippen LogP contribution in [0, 0.1) is 0 Å². The molecule has 0 fully saturated rings. The van der Waals surface area contributed by atoms with Gasteiger partial charge in [0.2, 0.25) is 0 Å². The molecule has 0 aliphatic carbocycles. The van der Waals surface area contributed by atoms with Crippen LogP contribution in [-0.2, 0) is 19.3 Å². The molecule has 0 aliphatic heterocycles. The molecule has 0 aliphatic rings. The Labute approximate surface area is 98.7 Å². The third-order valence-corrected chi connectivity index (χ3v) is 1.18. The zero-order valence-electron chi connectivity index (χ0n) is 10.2. The standard InChI is InChI=1S/C4H10O.C3H6O4S.C3H6/c1-3-5-4-2;1-2-3-7-8(4,5)6;1-3-2/h3-4H2,1-2H3;2H,1,3H2,(H,4,5,6);3H,1H2,2H3. The summed E-state index contributed by atoms with van der Waals surface area (Å²) in [5.74, 6) is 0. The lowest BCUT2D eigenvalue weighted by atomic mass is 10.7. The zero-order valence-corrected chi connectivity index (χ0v) is 11.0. The van der Waals surface area contributed by atoms with Gasteiger partial charge < -0.3 is 4.74 Å². The van der Waals surface area contributed by atoms with Crippen molar-refractivity contribution in [3.63, 3.8) is 0 Å². The minimum atomic E-state index is -4.26. The molecule has 0 saturated carbocycles. The molecule has 6 heteroatoms. The van der Waals surface area contributed by atoms with Gasteiger partial charge in [-0.15, -0.1) is 13.2 Å². The fourth-order valence-electron chi connectivity index (χ4n) is 0.338. The van der Waals surface area contributed by atoms with E-state index in [9.17, 15) is 8.42 Å². The molecule has 0 aromatic heterocycles. The second-order valence-corrected chi connectivity index (χ2v) is 3.28. The zero-order chi connectivity index (χ0) is 13.4. The average Bonchev–Trinajstić information content (AvgIpc) is 2.17. The lowest BCUT2D eigenvalue weighted by Gasteiger charge is -1.90. The van der Waals surface area contributed by atoms with Gasteiger partial charge in [0.1, 0.15) is 0 Å². The Morgan fingerprint density at radius 2 is 1.62 bits per heavy atom. The molecule has 5 nitrogen and oxygen atoms in total. The summed E-state index contributed by atoms with van der Waals surface area (Å²) >= 11 is 0. The summed E-state index contributed by atoms with van der Waals surface area (Å²) in [5, 5.41) is 0. The summed E-state index contributed by atoms with van der Waals surface area (Å²) in [6, 6.07) is 0. The molecule has 0 bridgehead atoms. The van der Waals surface area contributed by atoms with Crippen LogP contribution in [0.15, 0.2) is 25.3 Å². The van der Waals surface area contributed by atoms with E-state index in [4.69, 9.17) is 9.29 Å². The van der Waals surface area contributed by atoms with Gasteiger partial charge in [0.15, 0.2) is 0 Å². The van der Waals surface area contributed by atoms with Gasteiger partial charge in [-0.05, 0) is 20.8 Å². The summed E-state index contributed by atoms with van der Waals surface area (Å²) in [4.78, 5) is 0. The summed E-state index contributed by atoms with van der Waals surface area (Å²) in [6.07, 6.45) is 2.97. The molecule has 0 atom stereocenters. The minimum Gasteiger partial charge on any atom is -0.382 e. The van der Waals surface area contributed by atoms with Crippen molar-refractivity contribution in [2.24, 2.45) is 0 Å². The van der Waals surface area contributed by atoms with Crippen molar-refractivity contribution in [3.05, 3.63) is 25.3 Å². The molecule has 0 saturated heterocycles. The Morgan fingerprint density at radius 3 is 1.69 bits per heavy atom. The fourth-order valence-corrected chi connectivity index (χ4v) is 0.606. The summed E-state index contributed by atoms with van der Waals surface area (Å²) < 4.78 is 35.8. The topological polar surface area (TPSA) is 72.8 Å². The number of ether oxygens (including phenoxy) is 1. The van der Waals surface area contributed by atoms with Crippen LogP contribution in [0.25, 0.3) is 0 Å². The van der Waals surface area contributed by atoms with Crippen LogP contribution in [0.4, 0.5) is 0 Å². The minimum absolute atomic E-state index is 0.196. The Balaban J connectivity index is -0.000000181. The quantitative estimate of drug-likeness (QED) is 0.601. The number of hydrogen-bond acceptors (Lipinski definition) is 4. The van der Waals surface area contributed by atoms with Crippen molar-refractivity contribution < 1.29 is 21.9 Å². The molecule has 1 N–H and O–H groups in total. The second-order valence-electron chi connectivity index (χ2n) is 2.19. The largest absolute Gasteiger partial charge is 0.397 e. The van der Waals surface area contributed by atoms with Gasteiger partial charge in [-0.1, -0.05) is 12.2 Å². The van der Waals surface area contributed by atoms with E-state index in [0.29, 0.717) is 0 Å². The fraction of sp³-hybridized carbons (Fsp3) is 0.600. The van der Waals surface area contributed by atoms with Gasteiger partial charge in [-0.25, -0.2) is 4.18 Å². The molecule has 0 rings (SSSR count). The van der Waals surface area contributed by atoms with Crippen LogP contribution in [0.1, 0.15) is 20.8 Å². The highest BCUT2D eigenvalue weighted by atomic mass is 32.3. The first-order valence-corrected chi connectivity index (χ1v) is 6.13. The summed E-state index contributed by atoms with van der Waals surface area (Å²) in [6.45, 7) is 13.9. The Bertz CT molecular complexity index is 232. The van der Waals surface area contributed by atoms with Crippen molar-refractivity contribution in [3.8, 4) is 0 Å². The normalized spacial score (nSPS) is 9.00. The van der Waals surface area contributed by atoms with Gasteiger partial charge in [0.05, 0.1) is 6.61 Å². The molecule has 16 heavy (non-hydrogen) atoms. The molecule has 98 valence electrons. The summed E-state index contributed by atoms with van der Waals surface area (Å²) in [5.41, 5.74) is 0. The predicted octanol–water partition coefficient (Wildman–Crippen LogP) is 2.23. The first kappa shape index (κ1) is 20.7. The summed E-state index contributed by atoms with van der Waals surface area (Å²) in [7, 11) is -4.26. The lowest BCUT2D eigenvalue weighted by Crippen LogP contribution is -2.02. The van der Waals surface area contributed by atoms with Gasteiger partial charge in [0, 0.05) is 13.2 Å². The maximum Gasteiger partial charge on any atom is 0.397 e. The van der Waals surface area contributed by atoms with Crippen molar-refractivity contribution in [1.29, 1.82) is 0 Å². The van der Waals surface area contributed by atoms with Crippen LogP contribution < -0.4 is 0 Å². The highest BCUT2D eigenvalue weighted by Crippen LogP contribution is 1.83. The molecule has 0 aromatic rings. The molecule has 0 aromatic carbocycles. The Kier molecular flexibility index (Phi) is 21.6. The average molecular weight is 254 g/mol. The van der Waals surface area contributed by atoms with Gasteiger partial charge in [-0.3, -0.25) is 4.55 Å². The lowest BCUT2D eigenvalue weighted by molar-refractivity contribution is 0.162. The van der Waals surface area contributed by atoms with Crippen LogP contribution >= 0.6 is 0 Å². The van der Waals surface area contributed by atoms with Crippen molar-refractivity contribution >= 4 is 10.4 Å². The van der Waals surface area contributed by atoms with Crippen LogP contribution in [0.3, 0.4) is 0 Å². The van der Waals surface area contributed by atoms with E-state index < -0.39 is 10.4 Å². The van der Waals surface area contributed by atoms with E-state index in [-0.39, 0.29) is 6.61 Å². The maximum absolute atomic E-state index is 9.68. The van der Waals surface area contributed by atoms with Crippen LogP contribution in [-0.4, -0.2) is 32.8 Å². The highest BCUT2D eigenvalue weighted by Gasteiger charge is 1.99. The van der Waals surface area contributed by atoms with E-state index in [0.717, 1.165) is 13.2 Å². The smallest absolute Gasteiger partial charge is 0.382 e. The number of allylic oxidation sites excluding steroid dienone is 1. The van der Waals surface area contributed by atoms with E-state index in [1.165, 1.54) is 6.08 Å². The molecule has 0 amide bonds. The first-order chi connectivity index (χ1) is 7.39. The monoisotopic (exact) mass is 254 g/mol. The third-order valence-electron chi connectivity index (χ3n) is 0.743. The first-order valence-electron chi connectivity index (χ1n) is 4.76. The Hall–Kier alpha value is -0.690. The molecular weight excluding hydrogens is 232 g/mol. The second kappa shape index (κ2) is 16.7. The van der Waals surface area contributed by atoms with E-state index in [2.05, 4.69) is 17.3 Å². The molecule has 0 radical (unpaired) electrons. The van der Waals surface area contributed by atoms with Crippen molar-refractivity contribution in [1.82, 2.24) is 0 Å². The predicted molar refractivity (Wildman–Crippen MR) is 65.7 cm³/mol. The van der Waals surface area contributed by atoms with Crippen molar-refractivity contribution in [2.75, 3.05) is 19.8 Å². The SMILES string of the molecule is C=CC.C=CCOS(=O)(=O)O.CCOCC. The van der Waals surface area contributed by atoms with E-state index in [1.54, 1.807) is 6.08 Å². The molecule has 0 heterocycles. The van der Waals surface area contributed by atoms with E-state index in [1.807, 2.05) is 20.8 Å². The third kappa shape index (κ3) is 50.7. The maximum atomic E-state index is 9.68.